The van der Waals surface area contributed by atoms with Crippen molar-refractivity contribution in [2.45, 2.75) is 25.7 Å². The Morgan fingerprint density at radius 2 is 2.19 bits per heavy atom. The van der Waals surface area contributed by atoms with E-state index in [0.717, 1.165) is 34.9 Å². The van der Waals surface area contributed by atoms with Crippen LogP contribution in [0.1, 0.15) is 35.6 Å². The van der Waals surface area contributed by atoms with Crippen molar-refractivity contribution in [1.82, 2.24) is 0 Å². The molecule has 16 heavy (non-hydrogen) atoms. The molecule has 0 radical (unpaired) electrons. The SMILES string of the molecule is Cc1cc(Cl)cc2c(C3CC3)c(C#N)oc12. The van der Waals surface area contributed by atoms with Crippen molar-refractivity contribution in [2.75, 3.05) is 0 Å². The minimum Gasteiger partial charge on any atom is -0.445 e. The van der Waals surface area contributed by atoms with Crippen molar-refractivity contribution in [3.63, 3.8) is 0 Å². The fourth-order valence-corrected chi connectivity index (χ4v) is 2.48. The van der Waals surface area contributed by atoms with Crippen LogP contribution < -0.4 is 0 Å². The first-order valence-corrected chi connectivity index (χ1v) is 5.71. The first-order valence-electron chi connectivity index (χ1n) is 5.33. The molecule has 0 atom stereocenters. The van der Waals surface area contributed by atoms with Crippen LogP contribution in [0.3, 0.4) is 0 Å². The molecule has 3 rings (SSSR count). The molecular formula is C13H10ClNO. The fourth-order valence-electron chi connectivity index (χ4n) is 2.21. The Bertz CT molecular complexity index is 617. The van der Waals surface area contributed by atoms with E-state index in [-0.39, 0.29) is 0 Å². The van der Waals surface area contributed by atoms with Gasteiger partial charge in [-0.25, -0.2) is 0 Å². The molecule has 0 spiro atoms. The maximum absolute atomic E-state index is 9.08. The van der Waals surface area contributed by atoms with Gasteiger partial charge in [-0.15, -0.1) is 0 Å². The summed E-state index contributed by atoms with van der Waals surface area (Å²) < 4.78 is 5.62. The second-order valence-corrected chi connectivity index (χ2v) is 4.77. The van der Waals surface area contributed by atoms with Crippen LogP contribution in [0.2, 0.25) is 5.02 Å². The Kier molecular flexibility index (Phi) is 1.99. The van der Waals surface area contributed by atoms with Crippen LogP contribution in [-0.4, -0.2) is 0 Å². The lowest BCUT2D eigenvalue weighted by Crippen LogP contribution is -1.81. The van der Waals surface area contributed by atoms with Gasteiger partial charge >= 0.3 is 0 Å². The average Bonchev–Trinajstić information content (AvgIpc) is 3.00. The zero-order valence-corrected chi connectivity index (χ0v) is 9.64. The molecule has 0 aliphatic heterocycles. The van der Waals surface area contributed by atoms with Gasteiger partial charge in [-0.2, -0.15) is 5.26 Å². The summed E-state index contributed by atoms with van der Waals surface area (Å²) >= 11 is 6.05. The van der Waals surface area contributed by atoms with E-state index in [4.69, 9.17) is 21.3 Å². The van der Waals surface area contributed by atoms with E-state index in [1.54, 1.807) is 0 Å². The molecule has 1 aliphatic carbocycles. The number of hydrogen-bond donors (Lipinski definition) is 0. The number of nitrogens with zero attached hydrogens (tertiary/aromatic N) is 1. The zero-order chi connectivity index (χ0) is 11.3. The van der Waals surface area contributed by atoms with Gasteiger partial charge in [-0.1, -0.05) is 11.6 Å². The van der Waals surface area contributed by atoms with Crippen molar-refractivity contribution >= 4 is 22.6 Å². The van der Waals surface area contributed by atoms with Gasteiger partial charge in [0.25, 0.3) is 0 Å². The highest BCUT2D eigenvalue weighted by Crippen LogP contribution is 2.46. The van der Waals surface area contributed by atoms with Gasteiger partial charge in [0.05, 0.1) is 0 Å². The molecule has 1 aromatic heterocycles. The largest absolute Gasteiger partial charge is 0.445 e. The molecule has 2 nitrogen and oxygen atoms in total. The number of furan rings is 1. The molecule has 1 aromatic carbocycles. The molecule has 1 aliphatic rings. The molecular weight excluding hydrogens is 222 g/mol. The van der Waals surface area contributed by atoms with E-state index in [1.807, 2.05) is 19.1 Å². The summed E-state index contributed by atoms with van der Waals surface area (Å²) in [7, 11) is 0. The summed E-state index contributed by atoms with van der Waals surface area (Å²) in [6.45, 7) is 1.95. The Morgan fingerprint density at radius 1 is 1.44 bits per heavy atom. The predicted octanol–water partition coefficient (Wildman–Crippen LogP) is 4.14. The lowest BCUT2D eigenvalue weighted by atomic mass is 10.0. The molecule has 0 bridgehead atoms. The van der Waals surface area contributed by atoms with Crippen LogP contribution in [0.15, 0.2) is 16.5 Å². The third-order valence-electron chi connectivity index (χ3n) is 3.07. The van der Waals surface area contributed by atoms with Gasteiger partial charge in [-0.3, -0.25) is 0 Å². The first kappa shape index (κ1) is 9.74. The van der Waals surface area contributed by atoms with Crippen molar-refractivity contribution in [3.8, 4) is 6.07 Å². The molecule has 2 aromatic rings. The van der Waals surface area contributed by atoms with Crippen LogP contribution in [0.25, 0.3) is 11.0 Å². The summed E-state index contributed by atoms with van der Waals surface area (Å²) in [5.41, 5.74) is 2.86. The van der Waals surface area contributed by atoms with Crippen molar-refractivity contribution < 1.29 is 4.42 Å². The van der Waals surface area contributed by atoms with Crippen molar-refractivity contribution in [1.29, 1.82) is 5.26 Å². The smallest absolute Gasteiger partial charge is 0.208 e. The van der Waals surface area contributed by atoms with Gasteiger partial charge in [-0.05, 0) is 43.4 Å². The topological polar surface area (TPSA) is 36.9 Å². The Labute approximate surface area is 98.4 Å². The number of aryl methyl sites for hydroxylation is 1. The van der Waals surface area contributed by atoms with E-state index in [1.165, 1.54) is 0 Å². The fraction of sp³-hybridized carbons (Fsp3) is 0.308. The second-order valence-electron chi connectivity index (χ2n) is 4.33. The predicted molar refractivity (Wildman–Crippen MR) is 62.7 cm³/mol. The third kappa shape index (κ3) is 1.32. The number of benzene rings is 1. The van der Waals surface area contributed by atoms with Crippen LogP contribution in [0.4, 0.5) is 0 Å². The summed E-state index contributed by atoms with van der Waals surface area (Å²) in [4.78, 5) is 0. The van der Waals surface area contributed by atoms with Crippen LogP contribution in [0, 0.1) is 18.3 Å². The van der Waals surface area contributed by atoms with Gasteiger partial charge in [0.1, 0.15) is 11.7 Å². The van der Waals surface area contributed by atoms with Crippen molar-refractivity contribution in [2.24, 2.45) is 0 Å². The molecule has 0 unspecified atom stereocenters. The summed E-state index contributed by atoms with van der Waals surface area (Å²) in [5.74, 6) is 0.955. The number of hydrogen-bond acceptors (Lipinski definition) is 2. The van der Waals surface area contributed by atoms with Gasteiger partial charge in [0.2, 0.25) is 5.76 Å². The molecule has 3 heteroatoms. The summed E-state index contributed by atoms with van der Waals surface area (Å²) in [5, 5.41) is 10.8. The number of nitriles is 1. The Hall–Kier alpha value is -1.46. The van der Waals surface area contributed by atoms with E-state index >= 15 is 0 Å². The van der Waals surface area contributed by atoms with Crippen LogP contribution >= 0.6 is 11.6 Å². The quantitative estimate of drug-likeness (QED) is 0.740. The minimum atomic E-state index is 0.461. The molecule has 1 fully saturated rings. The number of fused-ring (bicyclic) bond motifs is 1. The number of halogens is 1. The molecule has 0 N–H and O–H groups in total. The average molecular weight is 232 g/mol. The third-order valence-corrected chi connectivity index (χ3v) is 3.28. The highest BCUT2D eigenvalue weighted by atomic mass is 35.5. The number of rotatable bonds is 1. The summed E-state index contributed by atoms with van der Waals surface area (Å²) in [6, 6.07) is 5.91. The second kappa shape index (κ2) is 3.26. The molecule has 80 valence electrons. The molecule has 0 amide bonds. The van der Waals surface area contributed by atoms with E-state index in [0.29, 0.717) is 16.7 Å². The van der Waals surface area contributed by atoms with E-state index < -0.39 is 0 Å². The van der Waals surface area contributed by atoms with Crippen molar-refractivity contribution in [3.05, 3.63) is 34.0 Å². The van der Waals surface area contributed by atoms with E-state index in [2.05, 4.69) is 6.07 Å². The monoisotopic (exact) mass is 231 g/mol. The minimum absolute atomic E-state index is 0.461. The molecule has 1 heterocycles. The normalized spacial score (nSPS) is 15.3. The summed E-state index contributed by atoms with van der Waals surface area (Å²) in [6.07, 6.45) is 2.30. The van der Waals surface area contributed by atoms with E-state index in [9.17, 15) is 0 Å². The van der Waals surface area contributed by atoms with Gasteiger partial charge in [0, 0.05) is 16.0 Å². The Balaban J connectivity index is 2.40. The standard InChI is InChI=1S/C13H10ClNO/c1-7-4-9(14)5-10-12(8-2-3-8)11(6-15)16-13(7)10/h4-5,8H,2-3H2,1H3. The maximum Gasteiger partial charge on any atom is 0.208 e. The van der Waals surface area contributed by atoms with Gasteiger partial charge in [0.15, 0.2) is 0 Å². The molecule has 0 saturated heterocycles. The first-order chi connectivity index (χ1) is 7.70. The zero-order valence-electron chi connectivity index (χ0n) is 8.88. The van der Waals surface area contributed by atoms with Gasteiger partial charge < -0.3 is 4.42 Å². The lowest BCUT2D eigenvalue weighted by Gasteiger charge is -1.97. The molecule has 1 saturated carbocycles. The highest BCUT2D eigenvalue weighted by molar-refractivity contribution is 6.31. The highest BCUT2D eigenvalue weighted by Gasteiger charge is 2.31. The Morgan fingerprint density at radius 3 is 2.81 bits per heavy atom. The lowest BCUT2D eigenvalue weighted by molar-refractivity contribution is 0.591. The van der Waals surface area contributed by atoms with Crippen LogP contribution in [-0.2, 0) is 0 Å². The maximum atomic E-state index is 9.08. The van der Waals surface area contributed by atoms with Crippen LogP contribution in [0.5, 0.6) is 0 Å².